The fourth-order valence-corrected chi connectivity index (χ4v) is 5.18. The molecule has 1 aromatic heterocycles. The van der Waals surface area contributed by atoms with E-state index in [1.807, 2.05) is 48.5 Å². The van der Waals surface area contributed by atoms with Gasteiger partial charge < -0.3 is 19.7 Å². The van der Waals surface area contributed by atoms with E-state index in [0.717, 1.165) is 50.6 Å². The van der Waals surface area contributed by atoms with Gasteiger partial charge in [-0.2, -0.15) is 8.75 Å². The Morgan fingerprint density at radius 3 is 2.49 bits per heavy atom. The minimum absolute atomic E-state index is 0.111. The van der Waals surface area contributed by atoms with Crippen molar-refractivity contribution in [1.29, 1.82) is 0 Å². The average Bonchev–Trinajstić information content (AvgIpc) is 3.45. The van der Waals surface area contributed by atoms with Gasteiger partial charge in [-0.15, -0.1) is 0 Å². The molecule has 0 aliphatic heterocycles. The highest BCUT2D eigenvalue weighted by atomic mass is 35.5. The topological polar surface area (TPSA) is 114 Å². The van der Waals surface area contributed by atoms with Crippen molar-refractivity contribution < 1.29 is 24.5 Å². The van der Waals surface area contributed by atoms with E-state index in [9.17, 15) is 15.0 Å². The van der Waals surface area contributed by atoms with E-state index in [4.69, 9.17) is 21.1 Å². The molecule has 0 amide bonds. The Bertz CT molecular complexity index is 1660. The molecule has 210 valence electrons. The minimum atomic E-state index is -1.15. The first-order chi connectivity index (χ1) is 19.9. The number of rotatable bonds is 12. The van der Waals surface area contributed by atoms with Crippen molar-refractivity contribution in [3.05, 3.63) is 106 Å². The number of carboxylic acid groups (broad SMARTS) is 1. The van der Waals surface area contributed by atoms with Gasteiger partial charge in [-0.1, -0.05) is 66.2 Å². The Morgan fingerprint density at radius 1 is 0.927 bits per heavy atom. The first kappa shape index (κ1) is 28.5. The van der Waals surface area contributed by atoms with Crippen LogP contribution in [0, 0.1) is 6.92 Å². The van der Waals surface area contributed by atoms with E-state index >= 15 is 0 Å². The number of benzene rings is 4. The van der Waals surface area contributed by atoms with Gasteiger partial charge in [0, 0.05) is 18.2 Å². The first-order valence-corrected chi connectivity index (χ1v) is 14.0. The summed E-state index contributed by atoms with van der Waals surface area (Å²) >= 11 is 7.78. The van der Waals surface area contributed by atoms with Crippen LogP contribution in [-0.2, 0) is 24.6 Å². The number of aromatic nitrogens is 2. The number of hydrogen-bond donors (Lipinski definition) is 3. The molecule has 1 atom stereocenters. The molecule has 1 unspecified atom stereocenters. The lowest BCUT2D eigenvalue weighted by Crippen LogP contribution is -2.39. The number of fused-ring (bicyclic) bond motifs is 1. The van der Waals surface area contributed by atoms with Crippen molar-refractivity contribution in [1.82, 2.24) is 14.1 Å². The molecule has 4 aromatic carbocycles. The van der Waals surface area contributed by atoms with Gasteiger partial charge in [0.15, 0.2) is 0 Å². The van der Waals surface area contributed by atoms with Crippen LogP contribution in [0.1, 0.15) is 22.3 Å². The second-order valence-electron chi connectivity index (χ2n) is 9.47. The lowest BCUT2D eigenvalue weighted by Gasteiger charge is -2.18. The lowest BCUT2D eigenvalue weighted by molar-refractivity contribution is -0.140. The predicted molar refractivity (Wildman–Crippen MR) is 159 cm³/mol. The zero-order chi connectivity index (χ0) is 28.8. The Labute approximate surface area is 246 Å². The number of halogens is 1. The fourth-order valence-electron chi connectivity index (χ4n) is 4.43. The third-order valence-electron chi connectivity index (χ3n) is 6.76. The fraction of sp³-hybridized carbons (Fsp3) is 0.194. The summed E-state index contributed by atoms with van der Waals surface area (Å²) in [4.78, 5) is 11.4. The number of aliphatic hydroxyl groups excluding tert-OH is 1. The number of nitrogens with one attached hydrogen (secondary N) is 1. The Hall–Kier alpha value is -4.02. The maximum Gasteiger partial charge on any atom is 0.323 e. The number of carbonyl (C=O) groups is 1. The zero-order valence-electron chi connectivity index (χ0n) is 22.2. The summed E-state index contributed by atoms with van der Waals surface area (Å²) in [5.41, 5.74) is 7.53. The van der Waals surface area contributed by atoms with Gasteiger partial charge in [-0.05, 0) is 52.9 Å². The van der Waals surface area contributed by atoms with E-state index in [1.165, 1.54) is 0 Å². The Balaban J connectivity index is 1.38. The van der Waals surface area contributed by atoms with E-state index in [2.05, 4.69) is 39.2 Å². The third-order valence-corrected chi connectivity index (χ3v) is 7.61. The molecular weight excluding hydrogens is 562 g/mol. The van der Waals surface area contributed by atoms with E-state index in [-0.39, 0.29) is 13.2 Å². The number of aliphatic carboxylic acids is 1. The molecular formula is C31H28ClN3O5S. The molecule has 10 heteroatoms. The maximum absolute atomic E-state index is 11.4. The van der Waals surface area contributed by atoms with Crippen LogP contribution < -0.4 is 14.8 Å². The summed E-state index contributed by atoms with van der Waals surface area (Å²) in [5.74, 6) is -0.240. The molecule has 5 rings (SSSR count). The van der Waals surface area contributed by atoms with Gasteiger partial charge in [-0.3, -0.25) is 10.1 Å². The summed E-state index contributed by atoms with van der Waals surface area (Å²) < 4.78 is 20.9. The summed E-state index contributed by atoms with van der Waals surface area (Å²) in [5, 5.41) is 21.9. The highest BCUT2D eigenvalue weighted by molar-refractivity contribution is 7.00. The summed E-state index contributed by atoms with van der Waals surface area (Å²) in [6.07, 6.45) is 0. The van der Waals surface area contributed by atoms with E-state index in [1.54, 1.807) is 12.1 Å². The van der Waals surface area contributed by atoms with Crippen LogP contribution in [0.5, 0.6) is 11.5 Å². The zero-order valence-corrected chi connectivity index (χ0v) is 23.8. The highest BCUT2D eigenvalue weighted by Crippen LogP contribution is 2.35. The minimum Gasteiger partial charge on any atom is -0.488 e. The van der Waals surface area contributed by atoms with Crippen molar-refractivity contribution in [2.24, 2.45) is 0 Å². The summed E-state index contributed by atoms with van der Waals surface area (Å²) in [6.45, 7) is 2.16. The number of aliphatic hydroxyl groups is 1. The van der Waals surface area contributed by atoms with Crippen molar-refractivity contribution in [2.75, 3.05) is 6.61 Å². The molecule has 41 heavy (non-hydrogen) atoms. The van der Waals surface area contributed by atoms with Gasteiger partial charge >= 0.3 is 5.97 Å². The molecule has 0 radical (unpaired) electrons. The normalized spacial score (nSPS) is 11.9. The standard InChI is InChI=1S/C31H28ClN3O5S/c1-19-22(8-5-9-24(19)21-6-3-2-4-7-21)18-40-30-14-29(23(13-25(30)32)15-33-28(16-36)31(37)38)39-17-20-10-11-26-27(12-20)35-41-34-26/h2-14,28,33,36H,15-18H2,1H3,(H,37,38). The monoisotopic (exact) mass is 589 g/mol. The van der Waals surface area contributed by atoms with Crippen molar-refractivity contribution in [2.45, 2.75) is 32.7 Å². The average molecular weight is 590 g/mol. The molecule has 3 N–H and O–H groups in total. The number of carboxylic acids is 1. The lowest BCUT2D eigenvalue weighted by atomic mass is 9.97. The number of hydrogen-bond acceptors (Lipinski definition) is 8. The van der Waals surface area contributed by atoms with Gasteiger partial charge in [0.1, 0.15) is 41.8 Å². The second kappa shape index (κ2) is 13.1. The molecule has 0 saturated carbocycles. The number of nitrogens with zero attached hydrogens (tertiary/aromatic N) is 2. The molecule has 8 nitrogen and oxygen atoms in total. The van der Waals surface area contributed by atoms with Crippen LogP contribution in [0.15, 0.2) is 78.9 Å². The summed E-state index contributed by atoms with van der Waals surface area (Å²) in [6, 6.07) is 24.3. The first-order valence-electron chi connectivity index (χ1n) is 12.9. The van der Waals surface area contributed by atoms with E-state index in [0.29, 0.717) is 28.7 Å². The molecule has 1 heterocycles. The van der Waals surface area contributed by atoms with Crippen LogP contribution in [-0.4, -0.2) is 37.6 Å². The van der Waals surface area contributed by atoms with Crippen molar-refractivity contribution in [3.8, 4) is 22.6 Å². The largest absolute Gasteiger partial charge is 0.488 e. The second-order valence-corrected chi connectivity index (χ2v) is 10.4. The molecule has 0 fully saturated rings. The quantitative estimate of drug-likeness (QED) is 0.162. The van der Waals surface area contributed by atoms with Crippen LogP contribution >= 0.6 is 23.3 Å². The Kier molecular flexibility index (Phi) is 9.11. The smallest absolute Gasteiger partial charge is 0.323 e. The predicted octanol–water partition coefficient (Wildman–Crippen LogP) is 6.01. The number of ether oxygens (including phenoxy) is 2. The molecule has 5 aromatic rings. The maximum atomic E-state index is 11.4. The highest BCUT2D eigenvalue weighted by Gasteiger charge is 2.18. The molecule has 0 spiro atoms. The van der Waals surface area contributed by atoms with Gasteiger partial charge in [0.2, 0.25) is 0 Å². The molecule has 0 aliphatic carbocycles. The summed E-state index contributed by atoms with van der Waals surface area (Å²) in [7, 11) is 0. The van der Waals surface area contributed by atoms with Crippen LogP contribution in [0.2, 0.25) is 5.02 Å². The molecule has 0 bridgehead atoms. The van der Waals surface area contributed by atoms with Crippen LogP contribution in [0.4, 0.5) is 0 Å². The van der Waals surface area contributed by atoms with Crippen LogP contribution in [0.3, 0.4) is 0 Å². The Morgan fingerprint density at radius 2 is 1.71 bits per heavy atom. The van der Waals surface area contributed by atoms with Gasteiger partial charge in [0.25, 0.3) is 0 Å². The van der Waals surface area contributed by atoms with Crippen molar-refractivity contribution in [3.63, 3.8) is 0 Å². The van der Waals surface area contributed by atoms with Crippen molar-refractivity contribution >= 4 is 40.3 Å². The third kappa shape index (κ3) is 6.83. The van der Waals surface area contributed by atoms with Gasteiger partial charge in [0.05, 0.1) is 23.4 Å². The molecule has 0 saturated heterocycles. The van der Waals surface area contributed by atoms with Crippen LogP contribution in [0.25, 0.3) is 22.2 Å². The SMILES string of the molecule is Cc1c(COc2cc(OCc3ccc4nsnc4c3)c(CNC(CO)C(=O)O)cc2Cl)cccc1-c1ccccc1. The van der Waals surface area contributed by atoms with Gasteiger partial charge in [-0.25, -0.2) is 0 Å². The molecule has 0 aliphatic rings. The van der Waals surface area contributed by atoms with E-state index < -0.39 is 18.6 Å².